The number of nitrogens with one attached hydrogen (secondary N) is 1. The van der Waals surface area contributed by atoms with Gasteiger partial charge >= 0.3 is 0 Å². The van der Waals surface area contributed by atoms with Crippen molar-refractivity contribution >= 4 is 44.3 Å². The van der Waals surface area contributed by atoms with E-state index < -0.39 is 0 Å². The largest absolute Gasteiger partial charge is 0.367 e. The maximum atomic E-state index is 4.46. The Morgan fingerprint density at radius 3 is 2.94 bits per heavy atom. The third-order valence-electron chi connectivity index (χ3n) is 2.89. The first-order valence-corrected chi connectivity index (χ1v) is 8.19. The Bertz CT molecular complexity index is 530. The monoisotopic (exact) mass is 324 g/mol. The molecule has 0 saturated heterocycles. The fourth-order valence-electron chi connectivity index (χ4n) is 1.88. The van der Waals surface area contributed by atoms with Crippen LogP contribution in [0.2, 0.25) is 0 Å². The molecule has 2 rings (SSSR count). The number of hydrogen-bond acceptors (Lipinski definition) is 3. The number of aromatic nitrogens is 1. The second-order valence-electron chi connectivity index (χ2n) is 4.32. The Morgan fingerprint density at radius 1 is 1.33 bits per heavy atom. The Labute approximate surface area is 121 Å². The van der Waals surface area contributed by atoms with E-state index in [4.69, 9.17) is 0 Å². The normalized spacial score (nSPS) is 12.6. The molecule has 18 heavy (non-hydrogen) atoms. The van der Waals surface area contributed by atoms with Gasteiger partial charge in [0.2, 0.25) is 0 Å². The summed E-state index contributed by atoms with van der Waals surface area (Å²) in [6.45, 7) is 2.20. The molecule has 1 aromatic heterocycles. The molecular formula is C14H17BrN2S. The molecule has 2 nitrogen and oxygen atoms in total. The van der Waals surface area contributed by atoms with Crippen molar-refractivity contribution in [1.82, 2.24) is 4.98 Å². The summed E-state index contributed by atoms with van der Waals surface area (Å²) in [5, 5.41) is 5.87. The number of anilines is 1. The summed E-state index contributed by atoms with van der Waals surface area (Å²) >= 11 is 5.46. The molecule has 0 aliphatic heterocycles. The molecule has 0 amide bonds. The third kappa shape index (κ3) is 3.18. The van der Waals surface area contributed by atoms with Crippen LogP contribution in [0.4, 0.5) is 5.82 Å². The van der Waals surface area contributed by atoms with Crippen LogP contribution >= 0.6 is 27.7 Å². The summed E-state index contributed by atoms with van der Waals surface area (Å²) in [4.78, 5) is 4.46. The van der Waals surface area contributed by atoms with E-state index in [2.05, 4.69) is 51.5 Å². The highest BCUT2D eigenvalue weighted by atomic mass is 79.9. The molecule has 2 aromatic rings. The van der Waals surface area contributed by atoms with Crippen molar-refractivity contribution in [2.45, 2.75) is 19.4 Å². The zero-order valence-electron chi connectivity index (χ0n) is 10.6. The zero-order chi connectivity index (χ0) is 13.0. The van der Waals surface area contributed by atoms with Gasteiger partial charge in [-0.25, -0.2) is 4.98 Å². The smallest absolute Gasteiger partial charge is 0.134 e. The molecule has 1 aromatic carbocycles. The Kier molecular flexibility index (Phi) is 4.89. The summed E-state index contributed by atoms with van der Waals surface area (Å²) in [5.74, 6) is 2.14. The minimum Gasteiger partial charge on any atom is -0.367 e. The molecule has 4 heteroatoms. The molecule has 0 radical (unpaired) electrons. The van der Waals surface area contributed by atoms with Gasteiger partial charge in [-0.1, -0.05) is 28.1 Å². The predicted molar refractivity (Wildman–Crippen MR) is 85.5 cm³/mol. The Hall–Kier alpha value is -0.740. The average molecular weight is 325 g/mol. The van der Waals surface area contributed by atoms with Crippen LogP contribution in [0, 0.1) is 0 Å². The van der Waals surface area contributed by atoms with Crippen LogP contribution in [0.15, 0.2) is 34.9 Å². The van der Waals surface area contributed by atoms with Crippen LogP contribution in [0.25, 0.3) is 10.8 Å². The van der Waals surface area contributed by atoms with Gasteiger partial charge in [-0.15, -0.1) is 0 Å². The lowest BCUT2D eigenvalue weighted by molar-refractivity contribution is 0.768. The molecule has 1 heterocycles. The lowest BCUT2D eigenvalue weighted by Gasteiger charge is -2.15. The molecule has 96 valence electrons. The molecule has 1 N–H and O–H groups in total. The predicted octanol–water partition coefficient (Wildman–Crippen LogP) is 4.55. The number of halogens is 1. The first-order valence-electron chi connectivity index (χ1n) is 6.01. The number of hydrogen-bond donors (Lipinski definition) is 1. The van der Waals surface area contributed by atoms with Crippen LogP contribution in [0.5, 0.6) is 0 Å². The van der Waals surface area contributed by atoms with Crippen LogP contribution in [-0.2, 0) is 0 Å². The maximum Gasteiger partial charge on any atom is 0.134 e. The fourth-order valence-corrected chi connectivity index (χ4v) is 2.97. The minimum atomic E-state index is 0.439. The van der Waals surface area contributed by atoms with Gasteiger partial charge in [-0.2, -0.15) is 11.8 Å². The van der Waals surface area contributed by atoms with E-state index in [0.29, 0.717) is 6.04 Å². The van der Waals surface area contributed by atoms with Gasteiger partial charge in [0, 0.05) is 27.5 Å². The fraction of sp³-hybridized carbons (Fsp3) is 0.357. The average Bonchev–Trinajstić information content (AvgIpc) is 2.38. The standard InChI is InChI=1S/C14H17BrN2S/c1-10(7-9-18-2)17-14-12-4-3-5-13(15)11(12)6-8-16-14/h3-6,8,10H,7,9H2,1-2H3,(H,16,17). The molecule has 0 saturated carbocycles. The first-order chi connectivity index (χ1) is 8.72. The van der Waals surface area contributed by atoms with Crippen molar-refractivity contribution < 1.29 is 0 Å². The van der Waals surface area contributed by atoms with E-state index in [-0.39, 0.29) is 0 Å². The van der Waals surface area contributed by atoms with Crippen LogP contribution in [-0.4, -0.2) is 23.0 Å². The molecule has 0 aliphatic rings. The van der Waals surface area contributed by atoms with Gasteiger partial charge in [0.25, 0.3) is 0 Å². The number of fused-ring (bicyclic) bond motifs is 1. The molecule has 1 atom stereocenters. The van der Waals surface area contributed by atoms with Crippen LogP contribution < -0.4 is 5.32 Å². The van der Waals surface area contributed by atoms with Gasteiger partial charge in [0.05, 0.1) is 0 Å². The Balaban J connectivity index is 2.25. The van der Waals surface area contributed by atoms with Gasteiger partial charge < -0.3 is 5.32 Å². The van der Waals surface area contributed by atoms with Gasteiger partial charge in [-0.05, 0) is 37.5 Å². The number of nitrogens with zero attached hydrogens (tertiary/aromatic N) is 1. The van der Waals surface area contributed by atoms with Crippen molar-refractivity contribution in [3.05, 3.63) is 34.9 Å². The lowest BCUT2D eigenvalue weighted by atomic mass is 10.1. The molecule has 0 spiro atoms. The second-order valence-corrected chi connectivity index (χ2v) is 6.16. The van der Waals surface area contributed by atoms with E-state index in [1.54, 1.807) is 0 Å². The molecular weight excluding hydrogens is 308 g/mol. The highest BCUT2D eigenvalue weighted by molar-refractivity contribution is 9.10. The molecule has 1 unspecified atom stereocenters. The first kappa shape index (κ1) is 13.7. The second kappa shape index (κ2) is 6.43. The highest BCUT2D eigenvalue weighted by Gasteiger charge is 2.07. The maximum absolute atomic E-state index is 4.46. The summed E-state index contributed by atoms with van der Waals surface area (Å²) in [5.41, 5.74) is 0. The quantitative estimate of drug-likeness (QED) is 0.873. The molecule has 0 aliphatic carbocycles. The number of benzene rings is 1. The summed E-state index contributed by atoms with van der Waals surface area (Å²) in [7, 11) is 0. The number of rotatable bonds is 5. The van der Waals surface area contributed by atoms with E-state index in [1.165, 1.54) is 16.5 Å². The minimum absolute atomic E-state index is 0.439. The van der Waals surface area contributed by atoms with E-state index in [0.717, 1.165) is 16.7 Å². The summed E-state index contributed by atoms with van der Waals surface area (Å²) in [6, 6.07) is 8.69. The van der Waals surface area contributed by atoms with E-state index in [9.17, 15) is 0 Å². The van der Waals surface area contributed by atoms with Crippen molar-refractivity contribution in [2.24, 2.45) is 0 Å². The molecule has 0 bridgehead atoms. The summed E-state index contributed by atoms with van der Waals surface area (Å²) < 4.78 is 1.11. The van der Waals surface area contributed by atoms with Crippen LogP contribution in [0.1, 0.15) is 13.3 Å². The third-order valence-corrected chi connectivity index (χ3v) is 4.23. The highest BCUT2D eigenvalue weighted by Crippen LogP contribution is 2.28. The van der Waals surface area contributed by atoms with Gasteiger partial charge in [0.1, 0.15) is 5.82 Å². The molecule has 0 fully saturated rings. The van der Waals surface area contributed by atoms with Crippen molar-refractivity contribution in [1.29, 1.82) is 0 Å². The lowest BCUT2D eigenvalue weighted by Crippen LogP contribution is -2.16. The summed E-state index contributed by atoms with van der Waals surface area (Å²) in [6.07, 6.45) is 5.14. The van der Waals surface area contributed by atoms with Crippen molar-refractivity contribution in [2.75, 3.05) is 17.3 Å². The Morgan fingerprint density at radius 2 is 2.17 bits per heavy atom. The zero-order valence-corrected chi connectivity index (χ0v) is 13.0. The van der Waals surface area contributed by atoms with E-state index in [1.807, 2.05) is 30.1 Å². The van der Waals surface area contributed by atoms with Crippen molar-refractivity contribution in [3.8, 4) is 0 Å². The van der Waals surface area contributed by atoms with Gasteiger partial charge in [0.15, 0.2) is 0 Å². The van der Waals surface area contributed by atoms with E-state index >= 15 is 0 Å². The SMILES string of the molecule is CSCCC(C)Nc1nccc2c(Br)cccc12. The van der Waals surface area contributed by atoms with Gasteiger partial charge in [-0.3, -0.25) is 0 Å². The van der Waals surface area contributed by atoms with Crippen LogP contribution in [0.3, 0.4) is 0 Å². The topological polar surface area (TPSA) is 24.9 Å². The van der Waals surface area contributed by atoms with Crippen molar-refractivity contribution in [3.63, 3.8) is 0 Å². The number of pyridine rings is 1. The number of thioether (sulfide) groups is 1.